The van der Waals surface area contributed by atoms with Gasteiger partial charge in [-0.05, 0) is 25.2 Å². The lowest BCUT2D eigenvalue weighted by Gasteiger charge is -2.38. The maximum absolute atomic E-state index is 11.1. The number of hydrogen-bond acceptors (Lipinski definition) is 5. The van der Waals surface area contributed by atoms with Crippen molar-refractivity contribution in [3.05, 3.63) is 11.8 Å². The number of hydrogen-bond donors (Lipinski definition) is 4. The van der Waals surface area contributed by atoms with Gasteiger partial charge in [0.1, 0.15) is 6.17 Å². The number of rotatable bonds is 2. The molecule has 4 atom stereocenters. The van der Waals surface area contributed by atoms with Crippen LogP contribution in [0.15, 0.2) is 11.8 Å². The summed E-state index contributed by atoms with van der Waals surface area (Å²) in [4.78, 5) is 11.1. The number of nitrogens with zero attached hydrogens (tertiary/aromatic N) is 1. The van der Waals surface area contributed by atoms with Gasteiger partial charge in [-0.15, -0.1) is 0 Å². The number of primary amides is 1. The quantitative estimate of drug-likeness (QED) is 0.496. The first-order valence-corrected chi connectivity index (χ1v) is 5.98. The first-order valence-electron chi connectivity index (χ1n) is 5.98. The van der Waals surface area contributed by atoms with E-state index in [0.29, 0.717) is 11.5 Å². The third kappa shape index (κ3) is 2.43. The number of hydrazine groups is 1. The predicted molar refractivity (Wildman–Crippen MR) is 63.0 cm³/mol. The van der Waals surface area contributed by atoms with Crippen LogP contribution in [0, 0.1) is 5.92 Å². The number of nitrogens with one attached hydrogen (secondary N) is 1. The average molecular weight is 240 g/mol. The van der Waals surface area contributed by atoms with Gasteiger partial charge in [0.05, 0.1) is 11.7 Å². The number of amides is 1. The highest BCUT2D eigenvalue weighted by atomic mass is 16.3. The molecule has 1 aliphatic heterocycles. The predicted octanol–water partition coefficient (Wildman–Crippen LogP) is -0.990. The topological polar surface area (TPSA) is 105 Å². The lowest BCUT2D eigenvalue weighted by atomic mass is 9.84. The molecule has 0 bridgehead atoms. The number of carbonyl (C=O) groups excluding carboxylic acids is 1. The minimum Gasteiger partial charge on any atom is -0.393 e. The molecule has 1 fully saturated rings. The normalized spacial score (nSPS) is 38.1. The van der Waals surface area contributed by atoms with E-state index in [1.165, 1.54) is 0 Å². The van der Waals surface area contributed by atoms with Gasteiger partial charge >= 0.3 is 0 Å². The Morgan fingerprint density at radius 2 is 2.29 bits per heavy atom. The maximum Gasteiger partial charge on any atom is 0.249 e. The second kappa shape index (κ2) is 4.64. The van der Waals surface area contributed by atoms with E-state index in [4.69, 9.17) is 11.5 Å². The SMILES string of the molecule is C[C@H]1CC(O)CC[C@@H]1N1C=C(C(N)=O)C(N)N1. The number of carbonyl (C=O) groups is 1. The Morgan fingerprint density at radius 3 is 2.82 bits per heavy atom. The Balaban J connectivity index is 2.07. The largest absolute Gasteiger partial charge is 0.393 e. The summed E-state index contributed by atoms with van der Waals surface area (Å²) in [5, 5.41) is 11.5. The molecule has 0 saturated heterocycles. The van der Waals surface area contributed by atoms with Gasteiger partial charge in [0, 0.05) is 12.2 Å². The second-order valence-corrected chi connectivity index (χ2v) is 4.97. The summed E-state index contributed by atoms with van der Waals surface area (Å²) < 4.78 is 0. The first kappa shape index (κ1) is 12.3. The third-order valence-corrected chi connectivity index (χ3v) is 3.64. The first-order chi connectivity index (χ1) is 7.99. The summed E-state index contributed by atoms with van der Waals surface area (Å²) in [5.74, 6) is -0.141. The fraction of sp³-hybridized carbons (Fsp3) is 0.727. The van der Waals surface area contributed by atoms with Gasteiger partial charge in [-0.25, -0.2) is 5.43 Å². The molecule has 1 saturated carbocycles. The fourth-order valence-corrected chi connectivity index (χ4v) is 2.67. The minimum absolute atomic E-state index is 0.211. The number of aliphatic hydroxyl groups is 1. The van der Waals surface area contributed by atoms with Gasteiger partial charge < -0.3 is 21.6 Å². The molecule has 0 spiro atoms. The average Bonchev–Trinajstić information content (AvgIpc) is 2.60. The molecule has 2 aliphatic rings. The van der Waals surface area contributed by atoms with Crippen LogP contribution >= 0.6 is 0 Å². The Morgan fingerprint density at radius 1 is 1.59 bits per heavy atom. The molecule has 6 heteroatoms. The van der Waals surface area contributed by atoms with E-state index < -0.39 is 12.1 Å². The van der Waals surface area contributed by atoms with E-state index in [2.05, 4.69) is 12.3 Å². The molecule has 2 unspecified atom stereocenters. The molecule has 1 heterocycles. The Hall–Kier alpha value is -1.11. The monoisotopic (exact) mass is 240 g/mol. The van der Waals surface area contributed by atoms with Crippen molar-refractivity contribution in [2.45, 2.75) is 44.5 Å². The summed E-state index contributed by atoms with van der Waals surface area (Å²) >= 11 is 0. The minimum atomic E-state index is -0.522. The molecule has 6 nitrogen and oxygen atoms in total. The summed E-state index contributed by atoms with van der Waals surface area (Å²) in [5.41, 5.74) is 14.5. The van der Waals surface area contributed by atoms with Gasteiger partial charge in [-0.3, -0.25) is 4.79 Å². The molecule has 96 valence electrons. The van der Waals surface area contributed by atoms with Gasteiger partial charge in [-0.2, -0.15) is 0 Å². The molecule has 0 radical (unpaired) electrons. The molecular formula is C11H20N4O2. The fourth-order valence-electron chi connectivity index (χ4n) is 2.67. The molecular weight excluding hydrogens is 220 g/mol. The lowest BCUT2D eigenvalue weighted by Crippen LogP contribution is -2.50. The highest BCUT2D eigenvalue weighted by molar-refractivity contribution is 5.93. The molecule has 2 rings (SSSR count). The number of aliphatic hydroxyl groups excluding tert-OH is 1. The molecule has 6 N–H and O–H groups in total. The van der Waals surface area contributed by atoms with Crippen LogP contribution < -0.4 is 16.9 Å². The van der Waals surface area contributed by atoms with Crippen LogP contribution in [-0.2, 0) is 4.79 Å². The van der Waals surface area contributed by atoms with Crippen LogP contribution in [0.25, 0.3) is 0 Å². The van der Waals surface area contributed by atoms with Crippen molar-refractivity contribution in [3.8, 4) is 0 Å². The van der Waals surface area contributed by atoms with Crippen molar-refractivity contribution < 1.29 is 9.90 Å². The summed E-state index contributed by atoms with van der Waals surface area (Å²) in [6.07, 6.45) is 3.40. The smallest absolute Gasteiger partial charge is 0.249 e. The lowest BCUT2D eigenvalue weighted by molar-refractivity contribution is -0.114. The van der Waals surface area contributed by atoms with Crippen LogP contribution in [0.4, 0.5) is 0 Å². The van der Waals surface area contributed by atoms with Crippen molar-refractivity contribution >= 4 is 5.91 Å². The van der Waals surface area contributed by atoms with Crippen LogP contribution in [0.1, 0.15) is 26.2 Å². The van der Waals surface area contributed by atoms with E-state index in [1.54, 1.807) is 6.20 Å². The van der Waals surface area contributed by atoms with Crippen LogP contribution in [0.5, 0.6) is 0 Å². The van der Waals surface area contributed by atoms with Gasteiger partial charge in [0.15, 0.2) is 0 Å². The van der Waals surface area contributed by atoms with Crippen molar-refractivity contribution in [1.82, 2.24) is 10.4 Å². The van der Waals surface area contributed by atoms with Crippen molar-refractivity contribution in [2.75, 3.05) is 0 Å². The number of nitrogens with two attached hydrogens (primary N) is 2. The van der Waals surface area contributed by atoms with Gasteiger partial charge in [0.25, 0.3) is 0 Å². The molecule has 1 aliphatic carbocycles. The van der Waals surface area contributed by atoms with Crippen molar-refractivity contribution in [1.29, 1.82) is 0 Å². The molecule has 0 aromatic carbocycles. The zero-order valence-corrected chi connectivity index (χ0v) is 9.97. The highest BCUT2D eigenvalue weighted by Crippen LogP contribution is 2.29. The summed E-state index contributed by atoms with van der Waals surface area (Å²) in [7, 11) is 0. The van der Waals surface area contributed by atoms with Crippen LogP contribution in [-0.4, -0.2) is 34.3 Å². The van der Waals surface area contributed by atoms with Crippen molar-refractivity contribution in [2.24, 2.45) is 17.4 Å². The van der Waals surface area contributed by atoms with E-state index in [1.807, 2.05) is 5.01 Å². The Bertz CT molecular complexity index is 344. The summed E-state index contributed by atoms with van der Waals surface area (Å²) in [6, 6.07) is 0.251. The molecule has 17 heavy (non-hydrogen) atoms. The second-order valence-electron chi connectivity index (χ2n) is 4.97. The molecule has 0 aromatic rings. The Kier molecular flexibility index (Phi) is 3.37. The summed E-state index contributed by atoms with van der Waals surface area (Å²) in [6.45, 7) is 2.09. The van der Waals surface area contributed by atoms with Gasteiger partial charge in [0.2, 0.25) is 5.91 Å². The van der Waals surface area contributed by atoms with E-state index in [-0.39, 0.29) is 12.1 Å². The van der Waals surface area contributed by atoms with Crippen molar-refractivity contribution in [3.63, 3.8) is 0 Å². The molecule has 0 aromatic heterocycles. The van der Waals surface area contributed by atoms with E-state index in [0.717, 1.165) is 19.3 Å². The van der Waals surface area contributed by atoms with Crippen LogP contribution in [0.2, 0.25) is 0 Å². The Labute approximate surface area is 101 Å². The zero-order valence-electron chi connectivity index (χ0n) is 9.97. The van der Waals surface area contributed by atoms with E-state index in [9.17, 15) is 9.90 Å². The highest BCUT2D eigenvalue weighted by Gasteiger charge is 2.34. The maximum atomic E-state index is 11.1. The zero-order chi connectivity index (χ0) is 12.6. The van der Waals surface area contributed by atoms with Gasteiger partial charge in [-0.1, -0.05) is 6.92 Å². The third-order valence-electron chi connectivity index (χ3n) is 3.64. The van der Waals surface area contributed by atoms with E-state index >= 15 is 0 Å². The van der Waals surface area contributed by atoms with Crippen LogP contribution in [0.3, 0.4) is 0 Å². The standard InChI is InChI=1S/C11H20N4O2/c1-6-4-7(16)2-3-9(6)15-5-8(11(13)17)10(12)14-15/h5-7,9-10,14,16H,2-4,12H2,1H3,(H2,13,17)/t6-,7?,9-,10?/m0/s1. The molecule has 1 amide bonds.